The Kier molecular flexibility index (Phi) is 3.70. The molecule has 0 atom stereocenters. The number of carbonyl (C=O) groups is 1. The fraction of sp³-hybridized carbons (Fsp3) is 0.0833. The molecule has 0 amide bonds. The standard InChI is InChI=1S/C12H9ClO2S/c13-10-3-1-2-4-12(10)16-8-11(14)9-5-6-15-7-9/h1-7H,8H2. The predicted molar refractivity (Wildman–Crippen MR) is 65.2 cm³/mol. The van der Waals surface area contributed by atoms with Crippen LogP contribution >= 0.6 is 23.4 Å². The Morgan fingerprint density at radius 1 is 1.31 bits per heavy atom. The van der Waals surface area contributed by atoms with Crippen LogP contribution in [0.2, 0.25) is 5.02 Å². The molecule has 0 unspecified atom stereocenters. The van der Waals surface area contributed by atoms with Crippen LogP contribution in [0.15, 0.2) is 52.2 Å². The van der Waals surface area contributed by atoms with Gasteiger partial charge in [-0.05, 0) is 18.2 Å². The second kappa shape index (κ2) is 5.23. The quantitative estimate of drug-likeness (QED) is 0.611. The normalized spacial score (nSPS) is 10.3. The number of benzene rings is 1. The molecule has 0 aliphatic rings. The van der Waals surface area contributed by atoms with Crippen LogP contribution < -0.4 is 0 Å². The van der Waals surface area contributed by atoms with E-state index in [9.17, 15) is 4.79 Å². The van der Waals surface area contributed by atoms with E-state index in [1.165, 1.54) is 24.3 Å². The first-order chi connectivity index (χ1) is 7.77. The minimum Gasteiger partial charge on any atom is -0.472 e. The lowest BCUT2D eigenvalue weighted by Gasteiger charge is -2.01. The summed E-state index contributed by atoms with van der Waals surface area (Å²) < 4.78 is 4.86. The molecule has 1 heterocycles. The number of ketones is 1. The van der Waals surface area contributed by atoms with Crippen LogP contribution in [0, 0.1) is 0 Å². The Bertz CT molecular complexity index is 480. The summed E-state index contributed by atoms with van der Waals surface area (Å²) in [5.74, 6) is 0.405. The van der Waals surface area contributed by atoms with Gasteiger partial charge in [-0.15, -0.1) is 11.8 Å². The largest absolute Gasteiger partial charge is 0.472 e. The van der Waals surface area contributed by atoms with Gasteiger partial charge in [0.1, 0.15) is 6.26 Å². The van der Waals surface area contributed by atoms with E-state index >= 15 is 0 Å². The number of carbonyl (C=O) groups excluding carboxylic acids is 1. The van der Waals surface area contributed by atoms with Crippen LogP contribution in [-0.4, -0.2) is 11.5 Å². The maximum absolute atomic E-state index is 11.7. The van der Waals surface area contributed by atoms with Gasteiger partial charge in [0.25, 0.3) is 0 Å². The molecule has 0 fully saturated rings. The summed E-state index contributed by atoms with van der Waals surface area (Å²) in [6.45, 7) is 0. The van der Waals surface area contributed by atoms with Gasteiger partial charge in [-0.2, -0.15) is 0 Å². The number of halogens is 1. The van der Waals surface area contributed by atoms with Gasteiger partial charge in [0.05, 0.1) is 22.6 Å². The number of furan rings is 1. The monoisotopic (exact) mass is 252 g/mol. The Morgan fingerprint density at radius 3 is 2.81 bits per heavy atom. The Morgan fingerprint density at radius 2 is 2.12 bits per heavy atom. The van der Waals surface area contributed by atoms with Crippen LogP contribution in [0.1, 0.15) is 10.4 Å². The molecule has 0 aliphatic heterocycles. The summed E-state index contributed by atoms with van der Waals surface area (Å²) in [6, 6.07) is 9.14. The van der Waals surface area contributed by atoms with E-state index < -0.39 is 0 Å². The molecular weight excluding hydrogens is 244 g/mol. The molecule has 1 aromatic carbocycles. The molecule has 2 aromatic rings. The van der Waals surface area contributed by atoms with Crippen molar-refractivity contribution in [3.8, 4) is 0 Å². The lowest BCUT2D eigenvalue weighted by molar-refractivity contribution is 0.102. The van der Waals surface area contributed by atoms with Gasteiger partial charge in [0.2, 0.25) is 0 Å². The average Bonchev–Trinajstić information content (AvgIpc) is 2.81. The Balaban J connectivity index is 1.98. The first-order valence-corrected chi connectivity index (χ1v) is 6.06. The maximum Gasteiger partial charge on any atom is 0.176 e. The van der Waals surface area contributed by atoms with Gasteiger partial charge in [-0.3, -0.25) is 4.79 Å². The smallest absolute Gasteiger partial charge is 0.176 e. The van der Waals surface area contributed by atoms with Crippen molar-refractivity contribution < 1.29 is 9.21 Å². The topological polar surface area (TPSA) is 30.2 Å². The molecule has 82 valence electrons. The zero-order valence-corrected chi connectivity index (χ0v) is 9.92. The summed E-state index contributed by atoms with van der Waals surface area (Å²) in [5.41, 5.74) is 0.597. The number of rotatable bonds is 4. The van der Waals surface area contributed by atoms with Crippen LogP contribution in [0.4, 0.5) is 0 Å². The van der Waals surface area contributed by atoms with Crippen molar-refractivity contribution in [3.63, 3.8) is 0 Å². The first-order valence-electron chi connectivity index (χ1n) is 4.70. The third kappa shape index (κ3) is 2.68. The van der Waals surface area contributed by atoms with Crippen molar-refractivity contribution in [2.24, 2.45) is 0 Å². The SMILES string of the molecule is O=C(CSc1ccccc1Cl)c1ccoc1. The van der Waals surface area contributed by atoms with E-state index in [1.807, 2.05) is 24.3 Å². The molecule has 0 aliphatic carbocycles. The highest BCUT2D eigenvalue weighted by molar-refractivity contribution is 8.00. The van der Waals surface area contributed by atoms with Crippen LogP contribution in [0.25, 0.3) is 0 Å². The summed E-state index contributed by atoms with van der Waals surface area (Å²) in [6.07, 6.45) is 2.95. The molecule has 4 heteroatoms. The maximum atomic E-state index is 11.7. The van der Waals surface area contributed by atoms with Crippen molar-refractivity contribution in [1.29, 1.82) is 0 Å². The van der Waals surface area contributed by atoms with Gasteiger partial charge >= 0.3 is 0 Å². The zero-order chi connectivity index (χ0) is 11.4. The molecule has 0 radical (unpaired) electrons. The molecule has 0 saturated heterocycles. The summed E-state index contributed by atoms with van der Waals surface area (Å²) in [7, 11) is 0. The molecule has 1 aromatic heterocycles. The molecule has 0 spiro atoms. The highest BCUT2D eigenvalue weighted by Crippen LogP contribution is 2.27. The lowest BCUT2D eigenvalue weighted by Crippen LogP contribution is -2.00. The van der Waals surface area contributed by atoms with E-state index in [2.05, 4.69) is 0 Å². The summed E-state index contributed by atoms with van der Waals surface area (Å²) >= 11 is 7.41. The van der Waals surface area contributed by atoms with Crippen molar-refractivity contribution in [2.45, 2.75) is 4.90 Å². The molecule has 0 saturated carbocycles. The van der Waals surface area contributed by atoms with E-state index in [0.29, 0.717) is 16.3 Å². The highest BCUT2D eigenvalue weighted by Gasteiger charge is 2.08. The minimum atomic E-state index is 0.0404. The van der Waals surface area contributed by atoms with Gasteiger partial charge < -0.3 is 4.42 Å². The van der Waals surface area contributed by atoms with Gasteiger partial charge in [0, 0.05) is 4.90 Å². The molecule has 2 nitrogen and oxygen atoms in total. The first kappa shape index (κ1) is 11.3. The molecular formula is C12H9ClO2S. The van der Waals surface area contributed by atoms with Crippen molar-refractivity contribution in [3.05, 3.63) is 53.4 Å². The van der Waals surface area contributed by atoms with E-state index in [4.69, 9.17) is 16.0 Å². The second-order valence-corrected chi connectivity index (χ2v) is 4.58. The number of hydrogen-bond acceptors (Lipinski definition) is 3. The Hall–Kier alpha value is -1.19. The third-order valence-corrected chi connectivity index (χ3v) is 3.55. The highest BCUT2D eigenvalue weighted by atomic mass is 35.5. The molecule has 0 bridgehead atoms. The van der Waals surface area contributed by atoms with Crippen molar-refractivity contribution >= 4 is 29.1 Å². The minimum absolute atomic E-state index is 0.0404. The zero-order valence-electron chi connectivity index (χ0n) is 8.35. The average molecular weight is 253 g/mol. The van der Waals surface area contributed by atoms with Crippen molar-refractivity contribution in [2.75, 3.05) is 5.75 Å². The molecule has 16 heavy (non-hydrogen) atoms. The number of hydrogen-bond donors (Lipinski definition) is 0. The van der Waals surface area contributed by atoms with Gasteiger partial charge in [-0.25, -0.2) is 0 Å². The molecule has 2 rings (SSSR count). The van der Waals surface area contributed by atoms with Crippen LogP contribution in [0.3, 0.4) is 0 Å². The third-order valence-electron chi connectivity index (χ3n) is 2.04. The van der Waals surface area contributed by atoms with E-state index in [0.717, 1.165) is 4.90 Å². The fourth-order valence-electron chi connectivity index (χ4n) is 1.21. The van der Waals surface area contributed by atoms with Gasteiger partial charge in [0.15, 0.2) is 5.78 Å². The van der Waals surface area contributed by atoms with E-state index in [1.54, 1.807) is 6.07 Å². The Labute approximate surface area is 103 Å². The number of Topliss-reactive ketones (excluding diaryl/α,β-unsaturated/α-hetero) is 1. The van der Waals surface area contributed by atoms with Crippen LogP contribution in [-0.2, 0) is 0 Å². The van der Waals surface area contributed by atoms with Crippen molar-refractivity contribution in [1.82, 2.24) is 0 Å². The lowest BCUT2D eigenvalue weighted by atomic mass is 10.2. The summed E-state index contributed by atoms with van der Waals surface area (Å²) in [4.78, 5) is 12.6. The summed E-state index contributed by atoms with van der Waals surface area (Å²) in [5, 5.41) is 0.674. The van der Waals surface area contributed by atoms with E-state index in [-0.39, 0.29) is 5.78 Å². The molecule has 0 N–H and O–H groups in total. The van der Waals surface area contributed by atoms with Crippen LogP contribution in [0.5, 0.6) is 0 Å². The predicted octanol–water partition coefficient (Wildman–Crippen LogP) is 3.91. The fourth-order valence-corrected chi connectivity index (χ4v) is 2.34. The number of thioether (sulfide) groups is 1. The van der Waals surface area contributed by atoms with Gasteiger partial charge in [-0.1, -0.05) is 23.7 Å². The second-order valence-electron chi connectivity index (χ2n) is 3.15.